The number of thioether (sulfide) groups is 1. The summed E-state index contributed by atoms with van der Waals surface area (Å²) in [5.41, 5.74) is -0.558. The summed E-state index contributed by atoms with van der Waals surface area (Å²) in [7, 11) is 0. The summed E-state index contributed by atoms with van der Waals surface area (Å²) >= 11 is 1.63. The molecule has 1 heterocycles. The zero-order chi connectivity index (χ0) is 27.3. The number of nitrogens with zero attached hydrogens (tertiary/aromatic N) is 1. The number of amides is 1. The predicted molar refractivity (Wildman–Crippen MR) is 136 cm³/mol. The number of carbonyl (C=O) groups excluding carboxylic acids is 1. The van der Waals surface area contributed by atoms with E-state index in [1.807, 2.05) is 39.8 Å². The number of carbonyl (C=O) groups is 1. The lowest BCUT2D eigenvalue weighted by Crippen LogP contribution is -2.47. The summed E-state index contributed by atoms with van der Waals surface area (Å²) in [6.07, 6.45) is -3.76. The van der Waals surface area contributed by atoms with Gasteiger partial charge in [-0.3, -0.25) is 0 Å². The van der Waals surface area contributed by atoms with Crippen LogP contribution in [0.4, 0.5) is 18.0 Å². The number of halogens is 3. The van der Waals surface area contributed by atoms with Crippen LogP contribution < -0.4 is 9.47 Å². The van der Waals surface area contributed by atoms with Crippen LogP contribution in [0.1, 0.15) is 40.5 Å². The Kier molecular flexibility index (Phi) is 8.94. The number of ether oxygens (including phenoxy) is 4. The lowest BCUT2D eigenvalue weighted by atomic mass is 9.94. The van der Waals surface area contributed by atoms with Crippen LogP contribution in [0.15, 0.2) is 65.8 Å². The molecule has 0 atom stereocenters. The molecule has 2 aromatic carbocycles. The van der Waals surface area contributed by atoms with E-state index in [0.717, 1.165) is 4.90 Å². The van der Waals surface area contributed by atoms with Gasteiger partial charge in [-0.05, 0) is 89.1 Å². The number of benzene rings is 2. The van der Waals surface area contributed by atoms with E-state index in [2.05, 4.69) is 11.3 Å². The van der Waals surface area contributed by atoms with Gasteiger partial charge in [-0.15, -0.1) is 24.9 Å². The molecule has 10 heteroatoms. The summed E-state index contributed by atoms with van der Waals surface area (Å²) in [5.74, 6) is 1.27. The molecule has 0 aliphatic carbocycles. The highest BCUT2D eigenvalue weighted by atomic mass is 32.2. The van der Waals surface area contributed by atoms with Gasteiger partial charge in [0, 0.05) is 18.0 Å². The van der Waals surface area contributed by atoms with Crippen LogP contribution in [0.3, 0.4) is 0 Å². The molecule has 0 spiro atoms. The molecule has 202 valence electrons. The second-order valence-corrected chi connectivity index (χ2v) is 11.0. The normalized spacial score (nSPS) is 15.6. The van der Waals surface area contributed by atoms with Crippen molar-refractivity contribution >= 4 is 17.9 Å². The van der Waals surface area contributed by atoms with Crippen molar-refractivity contribution in [2.75, 3.05) is 19.7 Å². The standard InChI is InChI=1S/C27H32F3NO5S/c1-6-33-19(2)26(15-17-31(18-16-26)24(32)36-25(3,4)5)37-23-13-11-21(12-14-23)34-20-7-9-22(10-8-20)35-27(28,29)30/h7-14H,2,6,15-18H2,1,3-5H3. The molecule has 1 aliphatic heterocycles. The Morgan fingerprint density at radius 3 is 1.97 bits per heavy atom. The van der Waals surface area contributed by atoms with E-state index in [-0.39, 0.29) is 11.8 Å². The van der Waals surface area contributed by atoms with Gasteiger partial charge in [0.2, 0.25) is 0 Å². The minimum atomic E-state index is -4.74. The first-order valence-corrected chi connectivity index (χ1v) is 12.7. The number of rotatable bonds is 8. The van der Waals surface area contributed by atoms with Gasteiger partial charge in [0.05, 0.1) is 11.4 Å². The van der Waals surface area contributed by atoms with Crippen LogP contribution >= 0.6 is 11.8 Å². The molecular weight excluding hydrogens is 507 g/mol. The van der Waals surface area contributed by atoms with Crippen molar-refractivity contribution in [3.8, 4) is 17.2 Å². The molecule has 0 radical (unpaired) electrons. The van der Waals surface area contributed by atoms with Gasteiger partial charge in [0.15, 0.2) is 0 Å². The summed E-state index contributed by atoms with van der Waals surface area (Å²) in [5, 5.41) is 0. The van der Waals surface area contributed by atoms with Gasteiger partial charge >= 0.3 is 12.5 Å². The molecular formula is C27H32F3NO5S. The molecule has 3 rings (SSSR count). The molecule has 0 unspecified atom stereocenters. The van der Waals surface area contributed by atoms with Crippen molar-refractivity contribution in [2.24, 2.45) is 0 Å². The number of likely N-dealkylation sites (tertiary alicyclic amines) is 1. The second-order valence-electron chi connectivity index (χ2n) is 9.51. The fraction of sp³-hybridized carbons (Fsp3) is 0.444. The van der Waals surface area contributed by atoms with Crippen LogP contribution in [0.2, 0.25) is 0 Å². The topological polar surface area (TPSA) is 57.2 Å². The van der Waals surface area contributed by atoms with Gasteiger partial charge < -0.3 is 23.8 Å². The maximum Gasteiger partial charge on any atom is 0.573 e. The van der Waals surface area contributed by atoms with E-state index in [1.54, 1.807) is 28.8 Å². The van der Waals surface area contributed by atoms with E-state index in [9.17, 15) is 18.0 Å². The fourth-order valence-corrected chi connectivity index (χ4v) is 5.05. The zero-order valence-corrected chi connectivity index (χ0v) is 22.2. The third-order valence-corrected chi connectivity index (χ3v) is 7.01. The Hall–Kier alpha value is -3.01. The Balaban J connectivity index is 1.65. The maximum absolute atomic E-state index is 12.5. The van der Waals surface area contributed by atoms with E-state index in [0.29, 0.717) is 49.8 Å². The van der Waals surface area contributed by atoms with Crippen molar-refractivity contribution in [3.05, 3.63) is 60.9 Å². The number of piperidine rings is 1. The Morgan fingerprint density at radius 2 is 1.49 bits per heavy atom. The highest BCUT2D eigenvalue weighted by Crippen LogP contribution is 2.46. The van der Waals surface area contributed by atoms with Crippen molar-refractivity contribution in [3.63, 3.8) is 0 Å². The van der Waals surface area contributed by atoms with Crippen LogP contribution in [0, 0.1) is 0 Å². The highest BCUT2D eigenvalue weighted by Gasteiger charge is 2.41. The van der Waals surface area contributed by atoms with Gasteiger partial charge in [-0.1, -0.05) is 6.58 Å². The van der Waals surface area contributed by atoms with Crippen LogP contribution in [0.5, 0.6) is 17.2 Å². The highest BCUT2D eigenvalue weighted by molar-refractivity contribution is 8.00. The first-order valence-electron chi connectivity index (χ1n) is 11.9. The van der Waals surface area contributed by atoms with Gasteiger partial charge in [0.1, 0.15) is 28.6 Å². The SMILES string of the molecule is C=C(OCC)C1(Sc2ccc(Oc3ccc(OC(F)(F)F)cc3)cc2)CCN(C(=O)OC(C)(C)C)CC1. The molecule has 2 aromatic rings. The summed E-state index contributed by atoms with van der Waals surface area (Å²) in [6, 6.07) is 12.6. The van der Waals surface area contributed by atoms with Crippen molar-refractivity contribution < 1.29 is 36.9 Å². The molecule has 1 saturated heterocycles. The minimum Gasteiger partial charge on any atom is -0.497 e. The molecule has 1 amide bonds. The third kappa shape index (κ3) is 8.52. The first-order chi connectivity index (χ1) is 17.3. The number of hydrogen-bond donors (Lipinski definition) is 0. The molecule has 0 N–H and O–H groups in total. The van der Waals surface area contributed by atoms with E-state index < -0.39 is 16.7 Å². The zero-order valence-electron chi connectivity index (χ0n) is 21.4. The summed E-state index contributed by atoms with van der Waals surface area (Å²) < 4.78 is 57.6. The summed E-state index contributed by atoms with van der Waals surface area (Å²) in [6.45, 7) is 13.2. The third-order valence-electron chi connectivity index (χ3n) is 5.48. The molecule has 0 aromatic heterocycles. The second kappa shape index (κ2) is 11.6. The molecule has 0 bridgehead atoms. The van der Waals surface area contributed by atoms with E-state index in [1.165, 1.54) is 24.3 Å². The van der Waals surface area contributed by atoms with Gasteiger partial charge in [-0.25, -0.2) is 4.79 Å². The number of alkyl halides is 3. The van der Waals surface area contributed by atoms with Crippen molar-refractivity contribution in [2.45, 2.75) is 62.1 Å². The molecule has 6 nitrogen and oxygen atoms in total. The molecule has 1 aliphatic rings. The Bertz CT molecular complexity index is 1060. The minimum absolute atomic E-state index is 0.316. The predicted octanol–water partition coefficient (Wildman–Crippen LogP) is 7.79. The van der Waals surface area contributed by atoms with Gasteiger partial charge in [0.25, 0.3) is 0 Å². The van der Waals surface area contributed by atoms with Crippen molar-refractivity contribution in [1.82, 2.24) is 4.90 Å². The molecule has 0 saturated carbocycles. The van der Waals surface area contributed by atoms with Crippen molar-refractivity contribution in [1.29, 1.82) is 0 Å². The monoisotopic (exact) mass is 539 g/mol. The Morgan fingerprint density at radius 1 is 0.973 bits per heavy atom. The molecule has 1 fully saturated rings. The quantitative estimate of drug-likeness (QED) is 0.319. The van der Waals surface area contributed by atoms with Crippen LogP contribution in [-0.4, -0.2) is 47.4 Å². The largest absolute Gasteiger partial charge is 0.573 e. The first kappa shape index (κ1) is 28.6. The van der Waals surface area contributed by atoms with E-state index in [4.69, 9.17) is 14.2 Å². The number of hydrogen-bond acceptors (Lipinski definition) is 6. The summed E-state index contributed by atoms with van der Waals surface area (Å²) in [4.78, 5) is 15.2. The molecule has 37 heavy (non-hydrogen) atoms. The van der Waals surface area contributed by atoms with E-state index >= 15 is 0 Å². The smallest absolute Gasteiger partial charge is 0.497 e. The van der Waals surface area contributed by atoms with Crippen LogP contribution in [0.25, 0.3) is 0 Å². The van der Waals surface area contributed by atoms with Gasteiger partial charge in [-0.2, -0.15) is 0 Å². The lowest BCUT2D eigenvalue weighted by Gasteiger charge is -2.42. The fourth-order valence-electron chi connectivity index (χ4n) is 3.77. The average Bonchev–Trinajstić information content (AvgIpc) is 2.80. The average molecular weight is 540 g/mol. The maximum atomic E-state index is 12.5. The van der Waals surface area contributed by atoms with Crippen LogP contribution in [-0.2, 0) is 9.47 Å². The lowest BCUT2D eigenvalue weighted by molar-refractivity contribution is -0.274. The Labute approximate surface area is 219 Å².